The van der Waals surface area contributed by atoms with E-state index < -0.39 is 5.97 Å². The molecule has 0 spiro atoms. The minimum absolute atomic E-state index is 0. The van der Waals surface area contributed by atoms with Gasteiger partial charge in [0, 0.05) is 34.5 Å². The van der Waals surface area contributed by atoms with E-state index in [4.69, 9.17) is 5.11 Å². The SMILES string of the molecule is C[CH2][Hg].O=C(O)c1ccccc1S.[Na]. The first-order valence-corrected chi connectivity index (χ1v) is 8.27. The van der Waals surface area contributed by atoms with Gasteiger partial charge in [0.2, 0.25) is 0 Å². The Morgan fingerprint density at radius 3 is 2.21 bits per heavy atom. The minimum atomic E-state index is -0.939. The standard InChI is InChI=1S/C7H6O2S.C2H5.Hg.Na/c8-7(9)5-3-1-2-4-6(5)10;1-2;;/h1-4,10H,(H,8,9);1H2,2H3;;. The molecule has 0 unspecified atom stereocenters. The summed E-state index contributed by atoms with van der Waals surface area (Å²) in [6, 6.07) is 6.58. The summed E-state index contributed by atoms with van der Waals surface area (Å²) in [6.07, 6.45) is 0. The fourth-order valence-electron chi connectivity index (χ4n) is 0.654. The second-order valence-electron chi connectivity index (χ2n) is 2.32. The van der Waals surface area contributed by atoms with E-state index in [-0.39, 0.29) is 35.1 Å². The number of hydrogen-bond acceptors (Lipinski definition) is 2. The molecule has 0 bridgehead atoms. The molecule has 0 fully saturated rings. The molecule has 0 saturated heterocycles. The smallest absolute Gasteiger partial charge is 0.336 e. The molecule has 5 heteroatoms. The Bertz CT molecular complexity index is 281. The Morgan fingerprint density at radius 1 is 1.50 bits per heavy atom. The minimum Gasteiger partial charge on any atom is -0.478 e. The number of hydrogen-bond donors (Lipinski definition) is 2. The largest absolute Gasteiger partial charge is 0.478 e. The molecule has 2 nitrogen and oxygen atoms in total. The first-order chi connectivity index (χ1) is 6.13. The van der Waals surface area contributed by atoms with Gasteiger partial charge >= 0.3 is 42.9 Å². The van der Waals surface area contributed by atoms with Crippen LogP contribution in [0.15, 0.2) is 29.2 Å². The van der Waals surface area contributed by atoms with Gasteiger partial charge in [0.05, 0.1) is 5.56 Å². The zero-order chi connectivity index (χ0) is 10.3. The molecule has 0 heterocycles. The molecule has 0 amide bonds. The molecule has 0 saturated carbocycles. The van der Waals surface area contributed by atoms with Crippen LogP contribution >= 0.6 is 12.6 Å². The van der Waals surface area contributed by atoms with Gasteiger partial charge in [-0.1, -0.05) is 12.1 Å². The molecule has 14 heavy (non-hydrogen) atoms. The van der Waals surface area contributed by atoms with E-state index in [1.165, 1.54) is 10.00 Å². The third-order valence-corrected chi connectivity index (χ3v) is 1.52. The van der Waals surface area contributed by atoms with Crippen LogP contribution in [0.2, 0.25) is 3.93 Å². The fraction of sp³-hybridized carbons (Fsp3) is 0.222. The van der Waals surface area contributed by atoms with Crippen molar-refractivity contribution in [2.75, 3.05) is 0 Å². The van der Waals surface area contributed by atoms with Gasteiger partial charge in [-0.05, 0) is 12.1 Å². The molecule has 1 radical (unpaired) electrons. The Balaban J connectivity index is 0. The number of carboxylic acids is 1. The van der Waals surface area contributed by atoms with Gasteiger partial charge < -0.3 is 5.11 Å². The molecule has 68 valence electrons. The third-order valence-electron chi connectivity index (χ3n) is 1.13. The van der Waals surface area contributed by atoms with Crippen LogP contribution in [0.3, 0.4) is 0 Å². The van der Waals surface area contributed by atoms with E-state index in [1.54, 1.807) is 18.2 Å². The van der Waals surface area contributed by atoms with Crippen LogP contribution in [0.4, 0.5) is 0 Å². The van der Waals surface area contributed by atoms with Gasteiger partial charge in [-0.25, -0.2) is 4.79 Å². The molecule has 0 atom stereocenters. The molecule has 1 rings (SSSR count). The van der Waals surface area contributed by atoms with Crippen LogP contribution in [0.5, 0.6) is 0 Å². The number of carbonyl (C=O) groups is 1. The number of benzene rings is 1. The van der Waals surface area contributed by atoms with Crippen molar-refractivity contribution in [3.63, 3.8) is 0 Å². The average molecular weight is 407 g/mol. The van der Waals surface area contributed by atoms with Crippen molar-refractivity contribution < 1.29 is 36.0 Å². The summed E-state index contributed by atoms with van der Waals surface area (Å²) in [5, 5.41) is 8.52. The fourth-order valence-corrected chi connectivity index (χ4v) is 0.911. The van der Waals surface area contributed by atoms with Gasteiger partial charge in [-0.15, -0.1) is 12.6 Å². The van der Waals surface area contributed by atoms with Crippen LogP contribution in [-0.2, 0) is 26.1 Å². The quantitative estimate of drug-likeness (QED) is 0.554. The third kappa shape index (κ3) is 7.29. The summed E-state index contributed by atoms with van der Waals surface area (Å²) in [7, 11) is 0. The van der Waals surface area contributed by atoms with E-state index in [0.29, 0.717) is 4.90 Å². The number of rotatable bonds is 1. The Morgan fingerprint density at radius 2 is 1.93 bits per heavy atom. The molecule has 0 aliphatic carbocycles. The van der Waals surface area contributed by atoms with Crippen molar-refractivity contribution in [1.29, 1.82) is 0 Å². The zero-order valence-electron chi connectivity index (χ0n) is 8.53. The van der Waals surface area contributed by atoms with Gasteiger partial charge in [0.1, 0.15) is 0 Å². The molecule has 0 aliphatic heterocycles. The molecule has 1 aromatic rings. The normalized spacial score (nSPS) is 8.00. The van der Waals surface area contributed by atoms with E-state index in [2.05, 4.69) is 19.6 Å². The van der Waals surface area contributed by atoms with Crippen molar-refractivity contribution in [2.45, 2.75) is 15.7 Å². The molecular weight excluding hydrogens is 396 g/mol. The maximum absolute atomic E-state index is 10.4. The van der Waals surface area contributed by atoms with Crippen LogP contribution in [0, 0.1) is 0 Å². The maximum atomic E-state index is 10.4. The first kappa shape index (κ1) is 17.4. The monoisotopic (exact) mass is 408 g/mol. The van der Waals surface area contributed by atoms with Crippen molar-refractivity contribution >= 4 is 48.2 Å². The number of carboxylic acid groups (broad SMARTS) is 1. The van der Waals surface area contributed by atoms with Crippen LogP contribution in [0.25, 0.3) is 0 Å². The Labute approximate surface area is 128 Å². The Kier molecular flexibility index (Phi) is 13.0. The summed E-state index contributed by atoms with van der Waals surface area (Å²) < 4.78 is 1.44. The number of aromatic carboxylic acids is 1. The number of thiol groups is 1. The van der Waals surface area contributed by atoms with E-state index in [9.17, 15) is 4.79 Å². The van der Waals surface area contributed by atoms with Gasteiger partial charge in [-0.3, -0.25) is 0 Å². The van der Waals surface area contributed by atoms with Crippen molar-refractivity contribution in [1.82, 2.24) is 0 Å². The van der Waals surface area contributed by atoms with Crippen LogP contribution in [0.1, 0.15) is 17.3 Å². The second kappa shape index (κ2) is 10.5. The molecule has 0 aromatic heterocycles. The first-order valence-electron chi connectivity index (χ1n) is 3.94. The van der Waals surface area contributed by atoms with Gasteiger partial charge in [0.25, 0.3) is 0 Å². The van der Waals surface area contributed by atoms with E-state index >= 15 is 0 Å². The summed E-state index contributed by atoms with van der Waals surface area (Å²) in [6.45, 7) is 2.21. The summed E-state index contributed by atoms with van der Waals surface area (Å²) in [5.41, 5.74) is 0.242. The maximum Gasteiger partial charge on any atom is 0.336 e. The van der Waals surface area contributed by atoms with Crippen molar-refractivity contribution in [3.8, 4) is 0 Å². The summed E-state index contributed by atoms with van der Waals surface area (Å²) in [5.74, 6) is -0.939. The van der Waals surface area contributed by atoms with E-state index in [1.807, 2.05) is 0 Å². The predicted octanol–water partition coefficient (Wildman–Crippen LogP) is 2.26. The van der Waals surface area contributed by atoms with E-state index in [0.717, 1.165) is 26.1 Å². The van der Waals surface area contributed by atoms with Crippen LogP contribution in [-0.4, -0.2) is 40.6 Å². The molecule has 0 aliphatic rings. The van der Waals surface area contributed by atoms with Crippen LogP contribution < -0.4 is 0 Å². The zero-order valence-corrected chi connectivity index (χ0v) is 16.9. The van der Waals surface area contributed by atoms with Gasteiger partial charge in [-0.2, -0.15) is 0 Å². The summed E-state index contributed by atoms with van der Waals surface area (Å²) in [4.78, 5) is 10.9. The molecule has 1 N–H and O–H groups in total. The second-order valence-corrected chi connectivity index (χ2v) is 6.69. The molecule has 1 aromatic carbocycles. The van der Waals surface area contributed by atoms with Crippen molar-refractivity contribution in [2.24, 2.45) is 0 Å². The van der Waals surface area contributed by atoms with Gasteiger partial charge in [0.15, 0.2) is 0 Å². The molecular formula is C9H11HgNaO2S. The van der Waals surface area contributed by atoms with Crippen molar-refractivity contribution in [3.05, 3.63) is 29.8 Å². The Hall–Kier alpha value is 0.975. The topological polar surface area (TPSA) is 37.3 Å². The summed E-state index contributed by atoms with van der Waals surface area (Å²) >= 11 is 5.02. The average Bonchev–Trinajstić information content (AvgIpc) is 2.06. The predicted molar refractivity (Wildman–Crippen MR) is 56.9 cm³/mol.